The molecule has 3 aromatic rings. The second kappa shape index (κ2) is 11.7. The summed E-state index contributed by atoms with van der Waals surface area (Å²) >= 11 is 11.8. The van der Waals surface area contributed by atoms with E-state index in [1.54, 1.807) is 36.3 Å². The number of methoxy groups -OCH3 is 1. The summed E-state index contributed by atoms with van der Waals surface area (Å²) in [7, 11) is 1.60. The standard InChI is InChI=1S/C26H25ClN4O4S/c1-34-20-8-4-18(5-9-20)6-11-24(32)29-26(36)28-19-7-10-22(21(27)17-19)30-12-14-31(15-13-30)25(33)23-3-2-16-35-23/h2-11,16-17H,12-15H2,1H3,(H2,28,29,32,36)/b11-6+. The monoisotopic (exact) mass is 524 g/mol. The van der Waals surface area contributed by atoms with Gasteiger partial charge in [0.15, 0.2) is 10.9 Å². The van der Waals surface area contributed by atoms with Gasteiger partial charge >= 0.3 is 0 Å². The van der Waals surface area contributed by atoms with Crippen molar-refractivity contribution in [3.05, 3.63) is 83.3 Å². The summed E-state index contributed by atoms with van der Waals surface area (Å²) < 4.78 is 10.3. The number of halogens is 1. The Bertz CT molecular complexity index is 1250. The van der Waals surface area contributed by atoms with E-state index in [2.05, 4.69) is 15.5 Å². The van der Waals surface area contributed by atoms with E-state index in [9.17, 15) is 9.59 Å². The largest absolute Gasteiger partial charge is 0.497 e. The summed E-state index contributed by atoms with van der Waals surface area (Å²) in [6.45, 7) is 2.42. The lowest BCUT2D eigenvalue weighted by Crippen LogP contribution is -2.48. The molecule has 1 fully saturated rings. The van der Waals surface area contributed by atoms with Crippen LogP contribution < -0.4 is 20.3 Å². The lowest BCUT2D eigenvalue weighted by atomic mass is 10.2. The van der Waals surface area contributed by atoms with Crippen molar-refractivity contribution >= 4 is 58.2 Å². The molecule has 4 rings (SSSR count). The first-order chi connectivity index (χ1) is 17.4. The van der Waals surface area contributed by atoms with Crippen molar-refractivity contribution in [3.63, 3.8) is 0 Å². The third-order valence-electron chi connectivity index (χ3n) is 5.62. The molecule has 2 aromatic carbocycles. The molecule has 2 amide bonds. The molecule has 0 atom stereocenters. The van der Waals surface area contributed by atoms with E-state index >= 15 is 0 Å². The van der Waals surface area contributed by atoms with Gasteiger partial charge in [0.25, 0.3) is 5.91 Å². The average Bonchev–Trinajstić information content (AvgIpc) is 3.43. The highest BCUT2D eigenvalue weighted by Crippen LogP contribution is 2.30. The number of rotatable bonds is 6. The lowest BCUT2D eigenvalue weighted by Gasteiger charge is -2.36. The topological polar surface area (TPSA) is 87.0 Å². The second-order valence-corrected chi connectivity index (χ2v) is 8.79. The molecule has 186 valence electrons. The fraction of sp³-hybridized carbons (Fsp3) is 0.192. The molecule has 2 N–H and O–H groups in total. The molecule has 0 bridgehead atoms. The van der Waals surface area contributed by atoms with E-state index < -0.39 is 0 Å². The first kappa shape index (κ1) is 25.3. The average molecular weight is 525 g/mol. The SMILES string of the molecule is COc1ccc(/C=C/C(=O)NC(=S)Nc2ccc(N3CCN(C(=O)c4ccco4)CC3)c(Cl)c2)cc1. The number of ether oxygens (including phenoxy) is 1. The van der Waals surface area contributed by atoms with Crippen LogP contribution in [0.15, 0.2) is 71.4 Å². The third-order valence-corrected chi connectivity index (χ3v) is 6.13. The Morgan fingerprint density at radius 2 is 1.83 bits per heavy atom. The van der Waals surface area contributed by atoms with Crippen molar-refractivity contribution in [2.24, 2.45) is 0 Å². The number of benzene rings is 2. The van der Waals surface area contributed by atoms with E-state index in [4.69, 9.17) is 33.0 Å². The van der Waals surface area contributed by atoms with Crippen LogP contribution in [0.1, 0.15) is 16.1 Å². The van der Waals surface area contributed by atoms with Gasteiger partial charge in [0, 0.05) is 37.9 Å². The highest BCUT2D eigenvalue weighted by molar-refractivity contribution is 7.80. The van der Waals surface area contributed by atoms with Gasteiger partial charge in [0.05, 0.1) is 24.1 Å². The van der Waals surface area contributed by atoms with Gasteiger partial charge in [-0.15, -0.1) is 0 Å². The fourth-order valence-corrected chi connectivity index (χ4v) is 4.27. The van der Waals surface area contributed by atoms with Crippen LogP contribution in [0.2, 0.25) is 5.02 Å². The van der Waals surface area contributed by atoms with E-state index in [0.29, 0.717) is 42.6 Å². The molecular formula is C26H25ClN4O4S. The van der Waals surface area contributed by atoms with Gasteiger partial charge in [-0.05, 0) is 66.3 Å². The molecule has 1 aromatic heterocycles. The minimum Gasteiger partial charge on any atom is -0.497 e. The van der Waals surface area contributed by atoms with Crippen LogP contribution in [-0.2, 0) is 4.79 Å². The molecular weight excluding hydrogens is 500 g/mol. The zero-order valence-electron chi connectivity index (χ0n) is 19.6. The summed E-state index contributed by atoms with van der Waals surface area (Å²) in [5.74, 6) is 0.623. The Morgan fingerprint density at radius 1 is 1.08 bits per heavy atom. The van der Waals surface area contributed by atoms with Gasteiger partial charge in [-0.25, -0.2) is 0 Å². The highest BCUT2D eigenvalue weighted by atomic mass is 35.5. The molecule has 1 aliphatic heterocycles. The fourth-order valence-electron chi connectivity index (χ4n) is 3.75. The Labute approximate surface area is 219 Å². The highest BCUT2D eigenvalue weighted by Gasteiger charge is 2.24. The van der Waals surface area contributed by atoms with Crippen molar-refractivity contribution in [2.45, 2.75) is 0 Å². The van der Waals surface area contributed by atoms with Gasteiger partial charge in [-0.2, -0.15) is 0 Å². The number of piperazine rings is 1. The van der Waals surface area contributed by atoms with E-state index in [1.165, 1.54) is 12.3 Å². The first-order valence-electron chi connectivity index (χ1n) is 11.2. The zero-order valence-corrected chi connectivity index (χ0v) is 21.1. The number of nitrogens with one attached hydrogen (secondary N) is 2. The summed E-state index contributed by atoms with van der Waals surface area (Å²) in [5.41, 5.74) is 2.38. The maximum atomic E-state index is 12.5. The Morgan fingerprint density at radius 3 is 2.47 bits per heavy atom. The summed E-state index contributed by atoms with van der Waals surface area (Å²) in [6, 6.07) is 16.2. The number of nitrogens with zero attached hydrogens (tertiary/aromatic N) is 2. The summed E-state index contributed by atoms with van der Waals surface area (Å²) in [5, 5.41) is 6.30. The van der Waals surface area contributed by atoms with Crippen LogP contribution in [-0.4, -0.2) is 55.1 Å². The van der Waals surface area contributed by atoms with Crippen LogP contribution in [0.5, 0.6) is 5.75 Å². The molecule has 1 saturated heterocycles. The number of hydrogen-bond donors (Lipinski definition) is 2. The quantitative estimate of drug-likeness (QED) is 0.364. The maximum absolute atomic E-state index is 12.5. The van der Waals surface area contributed by atoms with Crippen LogP contribution >= 0.6 is 23.8 Å². The minimum atomic E-state index is -0.354. The van der Waals surface area contributed by atoms with Crippen LogP contribution in [0.25, 0.3) is 6.08 Å². The molecule has 0 unspecified atom stereocenters. The second-order valence-electron chi connectivity index (χ2n) is 7.97. The molecule has 36 heavy (non-hydrogen) atoms. The van der Waals surface area contributed by atoms with Gasteiger partial charge in [0.1, 0.15) is 5.75 Å². The smallest absolute Gasteiger partial charge is 0.289 e. The number of hydrogen-bond acceptors (Lipinski definition) is 6. The van der Waals surface area contributed by atoms with Crippen molar-refractivity contribution < 1.29 is 18.7 Å². The Kier molecular flexibility index (Phi) is 8.24. The van der Waals surface area contributed by atoms with Crippen molar-refractivity contribution in [1.29, 1.82) is 0 Å². The van der Waals surface area contributed by atoms with Crippen LogP contribution in [0, 0.1) is 0 Å². The molecule has 0 radical (unpaired) electrons. The van der Waals surface area contributed by atoms with Gasteiger partial charge in [-0.1, -0.05) is 23.7 Å². The summed E-state index contributed by atoms with van der Waals surface area (Å²) in [6.07, 6.45) is 4.59. The van der Waals surface area contributed by atoms with Crippen molar-refractivity contribution in [1.82, 2.24) is 10.2 Å². The number of thiocarbonyl (C=S) groups is 1. The predicted molar refractivity (Wildman–Crippen MR) is 145 cm³/mol. The predicted octanol–water partition coefficient (Wildman–Crippen LogP) is 4.43. The molecule has 8 nitrogen and oxygen atoms in total. The van der Waals surface area contributed by atoms with Crippen molar-refractivity contribution in [2.75, 3.05) is 43.5 Å². The number of anilines is 2. The van der Waals surface area contributed by atoms with E-state index in [-0.39, 0.29) is 16.9 Å². The van der Waals surface area contributed by atoms with Gasteiger partial charge in [-0.3, -0.25) is 14.9 Å². The third kappa shape index (κ3) is 6.44. The Balaban J connectivity index is 1.27. The number of carbonyl (C=O) groups is 2. The number of amides is 2. The van der Waals surface area contributed by atoms with Crippen LogP contribution in [0.3, 0.4) is 0 Å². The molecule has 0 aliphatic carbocycles. The van der Waals surface area contributed by atoms with E-state index in [0.717, 1.165) is 17.0 Å². The Hall–Kier alpha value is -3.82. The molecule has 0 spiro atoms. The number of furan rings is 1. The van der Waals surface area contributed by atoms with Crippen LogP contribution in [0.4, 0.5) is 11.4 Å². The zero-order chi connectivity index (χ0) is 25.5. The van der Waals surface area contributed by atoms with Crippen molar-refractivity contribution in [3.8, 4) is 5.75 Å². The molecule has 2 heterocycles. The number of carbonyl (C=O) groups excluding carboxylic acids is 2. The summed E-state index contributed by atoms with van der Waals surface area (Å²) in [4.78, 5) is 28.6. The maximum Gasteiger partial charge on any atom is 0.289 e. The lowest BCUT2D eigenvalue weighted by molar-refractivity contribution is -0.115. The van der Waals surface area contributed by atoms with Gasteiger partial charge in [0.2, 0.25) is 5.91 Å². The van der Waals surface area contributed by atoms with Gasteiger partial charge < -0.3 is 24.3 Å². The van der Waals surface area contributed by atoms with E-state index in [1.807, 2.05) is 36.4 Å². The first-order valence-corrected chi connectivity index (χ1v) is 12.0. The molecule has 0 saturated carbocycles. The molecule has 10 heteroatoms. The molecule has 1 aliphatic rings. The normalized spacial score (nSPS) is 13.5. The minimum absolute atomic E-state index is 0.111.